The number of hydrogen-bond acceptors (Lipinski definition) is 3. The van der Waals surface area contributed by atoms with Gasteiger partial charge in [-0.05, 0) is 38.0 Å². The fraction of sp³-hybridized carbons (Fsp3) is 0.571. The number of rotatable bonds is 6. The maximum Gasteiger partial charge on any atom is 0.122 e. The van der Waals surface area contributed by atoms with Gasteiger partial charge in [-0.15, -0.1) is 0 Å². The maximum atomic E-state index is 5.25. The summed E-state index contributed by atoms with van der Waals surface area (Å²) in [6.45, 7) is 7.39. The second-order valence-corrected chi connectivity index (χ2v) is 4.81. The van der Waals surface area contributed by atoms with Crippen molar-refractivity contribution in [2.75, 3.05) is 14.2 Å². The standard InChI is InChI=1S/C14H23NO2/c1-6-14(2,3)15-10-11-7-12(16-4)9-13(8-11)17-5/h7-9,15H,6,10H2,1-5H3. The van der Waals surface area contributed by atoms with E-state index in [1.807, 2.05) is 18.2 Å². The number of benzene rings is 1. The molecule has 0 saturated carbocycles. The van der Waals surface area contributed by atoms with Crippen LogP contribution in [-0.4, -0.2) is 19.8 Å². The highest BCUT2D eigenvalue weighted by molar-refractivity contribution is 5.38. The minimum Gasteiger partial charge on any atom is -0.497 e. The average Bonchev–Trinajstić information content (AvgIpc) is 2.36. The highest BCUT2D eigenvalue weighted by Gasteiger charge is 2.13. The molecule has 0 aliphatic rings. The summed E-state index contributed by atoms with van der Waals surface area (Å²) in [6, 6.07) is 5.94. The van der Waals surface area contributed by atoms with Crippen molar-refractivity contribution >= 4 is 0 Å². The first-order valence-corrected chi connectivity index (χ1v) is 5.97. The molecule has 0 aromatic heterocycles. The second-order valence-electron chi connectivity index (χ2n) is 4.81. The molecule has 0 aliphatic carbocycles. The van der Waals surface area contributed by atoms with E-state index in [0.717, 1.165) is 24.5 Å². The molecule has 0 saturated heterocycles. The van der Waals surface area contributed by atoms with Gasteiger partial charge in [0, 0.05) is 18.2 Å². The van der Waals surface area contributed by atoms with Crippen molar-refractivity contribution < 1.29 is 9.47 Å². The molecule has 0 heterocycles. The van der Waals surface area contributed by atoms with Gasteiger partial charge in [0.05, 0.1) is 14.2 Å². The van der Waals surface area contributed by atoms with Gasteiger partial charge in [0.1, 0.15) is 11.5 Å². The minimum absolute atomic E-state index is 0.149. The summed E-state index contributed by atoms with van der Waals surface area (Å²) in [5.74, 6) is 1.66. The third kappa shape index (κ3) is 4.27. The highest BCUT2D eigenvalue weighted by atomic mass is 16.5. The Kier molecular flexibility index (Phi) is 4.82. The number of nitrogens with one attached hydrogen (secondary N) is 1. The van der Waals surface area contributed by atoms with E-state index in [1.54, 1.807) is 14.2 Å². The Morgan fingerprint density at radius 3 is 2.00 bits per heavy atom. The van der Waals surface area contributed by atoms with Gasteiger partial charge < -0.3 is 14.8 Å². The van der Waals surface area contributed by atoms with Crippen LogP contribution in [0.15, 0.2) is 18.2 Å². The zero-order chi connectivity index (χ0) is 12.9. The molecule has 1 N–H and O–H groups in total. The molecule has 0 unspecified atom stereocenters. The molecule has 1 rings (SSSR count). The molecule has 1 aromatic carbocycles. The van der Waals surface area contributed by atoms with Gasteiger partial charge >= 0.3 is 0 Å². The van der Waals surface area contributed by atoms with Gasteiger partial charge in [0.25, 0.3) is 0 Å². The predicted molar refractivity (Wildman–Crippen MR) is 70.8 cm³/mol. The summed E-state index contributed by atoms with van der Waals surface area (Å²) in [5, 5.41) is 3.52. The van der Waals surface area contributed by atoms with E-state index in [4.69, 9.17) is 9.47 Å². The lowest BCUT2D eigenvalue weighted by atomic mass is 10.0. The van der Waals surface area contributed by atoms with E-state index >= 15 is 0 Å². The molecular weight excluding hydrogens is 214 g/mol. The summed E-state index contributed by atoms with van der Waals surface area (Å²) in [7, 11) is 3.34. The zero-order valence-corrected chi connectivity index (χ0v) is 11.5. The summed E-state index contributed by atoms with van der Waals surface area (Å²) in [6.07, 6.45) is 1.09. The third-order valence-corrected chi connectivity index (χ3v) is 3.07. The van der Waals surface area contributed by atoms with Gasteiger partial charge in [-0.25, -0.2) is 0 Å². The molecule has 0 spiro atoms. The first-order chi connectivity index (χ1) is 8.00. The molecule has 3 nitrogen and oxygen atoms in total. The number of hydrogen-bond donors (Lipinski definition) is 1. The monoisotopic (exact) mass is 237 g/mol. The van der Waals surface area contributed by atoms with E-state index in [1.165, 1.54) is 5.56 Å². The van der Waals surface area contributed by atoms with Crippen molar-refractivity contribution in [2.24, 2.45) is 0 Å². The predicted octanol–water partition coefficient (Wildman–Crippen LogP) is 2.98. The molecule has 0 aliphatic heterocycles. The molecule has 0 radical (unpaired) electrons. The lowest BCUT2D eigenvalue weighted by Crippen LogP contribution is -2.37. The molecular formula is C14H23NO2. The van der Waals surface area contributed by atoms with Gasteiger partial charge in [-0.1, -0.05) is 6.92 Å². The van der Waals surface area contributed by atoms with Crippen LogP contribution in [0.1, 0.15) is 32.8 Å². The van der Waals surface area contributed by atoms with Crippen LogP contribution in [0.5, 0.6) is 11.5 Å². The fourth-order valence-corrected chi connectivity index (χ4v) is 1.43. The Morgan fingerprint density at radius 1 is 1.06 bits per heavy atom. The van der Waals surface area contributed by atoms with E-state index in [-0.39, 0.29) is 5.54 Å². The normalized spacial score (nSPS) is 11.4. The molecule has 96 valence electrons. The maximum absolute atomic E-state index is 5.25. The summed E-state index contributed by atoms with van der Waals surface area (Å²) in [4.78, 5) is 0. The number of methoxy groups -OCH3 is 2. The van der Waals surface area contributed by atoms with Crippen molar-refractivity contribution in [1.29, 1.82) is 0 Å². The molecule has 0 bridgehead atoms. The zero-order valence-electron chi connectivity index (χ0n) is 11.5. The topological polar surface area (TPSA) is 30.5 Å². The van der Waals surface area contributed by atoms with Gasteiger partial charge in [-0.3, -0.25) is 0 Å². The lowest BCUT2D eigenvalue weighted by molar-refractivity contribution is 0.370. The van der Waals surface area contributed by atoms with Crippen LogP contribution < -0.4 is 14.8 Å². The Balaban J connectivity index is 2.76. The van der Waals surface area contributed by atoms with Crippen LogP contribution in [-0.2, 0) is 6.54 Å². The third-order valence-electron chi connectivity index (χ3n) is 3.07. The van der Waals surface area contributed by atoms with Crippen molar-refractivity contribution in [2.45, 2.75) is 39.3 Å². The van der Waals surface area contributed by atoms with E-state index < -0.39 is 0 Å². The summed E-state index contributed by atoms with van der Waals surface area (Å²) < 4.78 is 10.5. The molecule has 1 aromatic rings. The fourth-order valence-electron chi connectivity index (χ4n) is 1.43. The Hall–Kier alpha value is -1.22. The van der Waals surface area contributed by atoms with Crippen molar-refractivity contribution in [3.63, 3.8) is 0 Å². The van der Waals surface area contributed by atoms with E-state index in [2.05, 4.69) is 26.1 Å². The first kappa shape index (κ1) is 13.8. The van der Waals surface area contributed by atoms with Crippen LogP contribution >= 0.6 is 0 Å². The summed E-state index contributed by atoms with van der Waals surface area (Å²) in [5.41, 5.74) is 1.32. The molecule has 0 amide bonds. The first-order valence-electron chi connectivity index (χ1n) is 5.97. The molecule has 0 fully saturated rings. The minimum atomic E-state index is 0.149. The lowest BCUT2D eigenvalue weighted by Gasteiger charge is -2.24. The van der Waals surface area contributed by atoms with E-state index in [0.29, 0.717) is 0 Å². The highest BCUT2D eigenvalue weighted by Crippen LogP contribution is 2.22. The van der Waals surface area contributed by atoms with Gasteiger partial charge in [0.2, 0.25) is 0 Å². The van der Waals surface area contributed by atoms with Crippen LogP contribution in [0.4, 0.5) is 0 Å². The molecule has 3 heteroatoms. The summed E-state index contributed by atoms with van der Waals surface area (Å²) >= 11 is 0. The van der Waals surface area contributed by atoms with Crippen LogP contribution in [0.2, 0.25) is 0 Å². The van der Waals surface area contributed by atoms with E-state index in [9.17, 15) is 0 Å². The van der Waals surface area contributed by atoms with Gasteiger partial charge in [0.15, 0.2) is 0 Å². The largest absolute Gasteiger partial charge is 0.497 e. The average molecular weight is 237 g/mol. The van der Waals surface area contributed by atoms with Crippen molar-refractivity contribution in [3.05, 3.63) is 23.8 Å². The second kappa shape index (κ2) is 5.92. The Labute approximate surface area is 104 Å². The van der Waals surface area contributed by atoms with Crippen LogP contribution in [0.25, 0.3) is 0 Å². The molecule has 0 atom stereocenters. The SMILES string of the molecule is CCC(C)(C)NCc1cc(OC)cc(OC)c1. The molecule has 17 heavy (non-hydrogen) atoms. The van der Waals surface area contributed by atoms with Gasteiger partial charge in [-0.2, -0.15) is 0 Å². The van der Waals surface area contributed by atoms with Crippen LogP contribution in [0.3, 0.4) is 0 Å². The Bertz CT molecular complexity index is 339. The van der Waals surface area contributed by atoms with Crippen LogP contribution in [0, 0.1) is 0 Å². The van der Waals surface area contributed by atoms with Crippen molar-refractivity contribution in [3.8, 4) is 11.5 Å². The smallest absolute Gasteiger partial charge is 0.122 e. The Morgan fingerprint density at radius 2 is 1.59 bits per heavy atom. The quantitative estimate of drug-likeness (QED) is 0.825. The number of ether oxygens (including phenoxy) is 2. The van der Waals surface area contributed by atoms with Crippen molar-refractivity contribution in [1.82, 2.24) is 5.32 Å².